The van der Waals surface area contributed by atoms with Gasteiger partial charge in [-0.05, 0) is 90.0 Å². The number of hydrogen-bond acceptors (Lipinski definition) is 3. The number of amidine groups is 1. The quantitative estimate of drug-likeness (QED) is 0.476. The van der Waals surface area contributed by atoms with Gasteiger partial charge in [0.1, 0.15) is 5.84 Å². The molecule has 0 amide bonds. The number of aromatic carboxylic acids is 1. The number of benzene rings is 1. The second-order valence-corrected chi connectivity index (χ2v) is 7.96. The van der Waals surface area contributed by atoms with Crippen LogP contribution in [-0.2, 0) is 0 Å². The lowest BCUT2D eigenvalue weighted by atomic mass is 9.90. The molecule has 30 heavy (non-hydrogen) atoms. The minimum atomic E-state index is -0.925. The molecule has 0 unspecified atom stereocenters. The fourth-order valence-electron chi connectivity index (χ4n) is 3.82. The Bertz CT molecular complexity index is 782. The number of aryl methyl sites for hydroxylation is 1. The lowest BCUT2D eigenvalue weighted by molar-refractivity contribution is 0.0697. The van der Waals surface area contributed by atoms with Crippen LogP contribution in [0.3, 0.4) is 0 Å². The molecule has 5 nitrogen and oxygen atoms in total. The van der Waals surface area contributed by atoms with Crippen LogP contribution in [0.4, 0.5) is 0 Å². The number of carboxylic acid groups (broad SMARTS) is 1. The van der Waals surface area contributed by atoms with E-state index in [9.17, 15) is 9.90 Å². The maximum absolute atomic E-state index is 11.5. The molecule has 1 saturated carbocycles. The van der Waals surface area contributed by atoms with Crippen molar-refractivity contribution >= 4 is 17.4 Å². The van der Waals surface area contributed by atoms with Gasteiger partial charge in [0.2, 0.25) is 0 Å². The van der Waals surface area contributed by atoms with Gasteiger partial charge in [0.15, 0.2) is 0 Å². The smallest absolute Gasteiger partial charge is 0.335 e. The first-order valence-electron chi connectivity index (χ1n) is 10.9. The van der Waals surface area contributed by atoms with Gasteiger partial charge in [-0.1, -0.05) is 32.1 Å². The van der Waals surface area contributed by atoms with E-state index in [-0.39, 0.29) is 11.6 Å². The van der Waals surface area contributed by atoms with Gasteiger partial charge in [-0.25, -0.2) is 4.79 Å². The van der Waals surface area contributed by atoms with Crippen molar-refractivity contribution in [2.75, 3.05) is 14.1 Å². The van der Waals surface area contributed by atoms with Crippen molar-refractivity contribution in [1.29, 1.82) is 0 Å². The summed E-state index contributed by atoms with van der Waals surface area (Å²) in [5, 5.41) is 12.6. The van der Waals surface area contributed by atoms with Crippen molar-refractivity contribution in [3.63, 3.8) is 0 Å². The topological polar surface area (TPSA) is 64.9 Å². The fourth-order valence-corrected chi connectivity index (χ4v) is 3.82. The molecule has 1 fully saturated rings. The van der Waals surface area contributed by atoms with Crippen LogP contribution >= 0.6 is 0 Å². The molecule has 1 aromatic rings. The van der Waals surface area contributed by atoms with Gasteiger partial charge in [0, 0.05) is 11.6 Å². The Morgan fingerprint density at radius 2 is 1.80 bits per heavy atom. The van der Waals surface area contributed by atoms with Gasteiger partial charge < -0.3 is 15.3 Å². The Hall–Kier alpha value is -2.40. The van der Waals surface area contributed by atoms with E-state index in [4.69, 9.17) is 4.99 Å². The highest BCUT2D eigenvalue weighted by molar-refractivity contribution is 6.24. The normalized spacial score (nSPS) is 18.9. The third kappa shape index (κ3) is 6.84. The van der Waals surface area contributed by atoms with Gasteiger partial charge in [-0.3, -0.25) is 4.99 Å². The monoisotopic (exact) mass is 413 g/mol. The number of nitrogens with zero attached hydrogens (tertiary/aromatic N) is 2. The number of nitrogens with one attached hydrogen (secondary N) is 1. The summed E-state index contributed by atoms with van der Waals surface area (Å²) in [6.45, 7) is 13.9. The number of carboxylic acids is 1. The summed E-state index contributed by atoms with van der Waals surface area (Å²) in [5.41, 5.74) is 4.24. The van der Waals surface area contributed by atoms with Crippen molar-refractivity contribution in [3.8, 4) is 0 Å². The summed E-state index contributed by atoms with van der Waals surface area (Å²) in [5.74, 6) is -0.152. The predicted molar refractivity (Wildman–Crippen MR) is 128 cm³/mol. The summed E-state index contributed by atoms with van der Waals surface area (Å²) < 4.78 is 0. The molecule has 0 bridgehead atoms. The van der Waals surface area contributed by atoms with Crippen LogP contribution in [0.2, 0.25) is 0 Å². The fraction of sp³-hybridized carbons (Fsp3) is 0.520. The van der Waals surface area contributed by atoms with E-state index in [0.29, 0.717) is 6.04 Å². The predicted octanol–water partition coefficient (Wildman–Crippen LogP) is 5.52. The largest absolute Gasteiger partial charge is 0.478 e. The van der Waals surface area contributed by atoms with Crippen LogP contribution in [0.25, 0.3) is 5.57 Å². The molecule has 5 heteroatoms. The Labute approximate surface area is 182 Å². The minimum absolute atomic E-state index is 0.260. The molecule has 0 spiro atoms. The zero-order valence-corrected chi connectivity index (χ0v) is 19.7. The average Bonchev–Trinajstić information content (AvgIpc) is 2.71. The molecule has 1 aliphatic carbocycles. The van der Waals surface area contributed by atoms with Crippen LogP contribution in [0.1, 0.15) is 74.9 Å². The zero-order chi connectivity index (χ0) is 22.8. The molecule has 166 valence electrons. The van der Waals surface area contributed by atoms with Crippen LogP contribution < -0.4 is 5.32 Å². The Balaban J connectivity index is 0.00000218. The molecule has 1 aromatic carbocycles. The maximum atomic E-state index is 11.5. The molecule has 0 atom stereocenters. The third-order valence-electron chi connectivity index (χ3n) is 5.44. The van der Waals surface area contributed by atoms with E-state index >= 15 is 0 Å². The lowest BCUT2D eigenvalue weighted by Crippen LogP contribution is -2.34. The second-order valence-electron chi connectivity index (χ2n) is 7.96. The van der Waals surface area contributed by atoms with E-state index in [1.165, 1.54) is 0 Å². The molecule has 0 aliphatic heterocycles. The van der Waals surface area contributed by atoms with E-state index in [2.05, 4.69) is 30.9 Å². The summed E-state index contributed by atoms with van der Waals surface area (Å²) in [6, 6.07) is 6.12. The highest BCUT2D eigenvalue weighted by Crippen LogP contribution is 2.28. The molecule has 2 N–H and O–H groups in total. The molecule has 1 aliphatic rings. The van der Waals surface area contributed by atoms with Gasteiger partial charge >= 0.3 is 5.97 Å². The van der Waals surface area contributed by atoms with Crippen molar-refractivity contribution < 1.29 is 9.90 Å². The van der Waals surface area contributed by atoms with Crippen LogP contribution in [0.15, 0.2) is 41.5 Å². The first kappa shape index (κ1) is 25.6. The number of allylic oxidation sites excluding steroid dienone is 1. The SMILES string of the molecule is C=CNC(=NC1CCC(N(C)C)CC1)C(=C(C)C)c1cc(C(=O)O)ccc1C.CC. The number of hydrogen-bond donors (Lipinski definition) is 2. The van der Waals surface area contributed by atoms with Gasteiger partial charge in [-0.2, -0.15) is 0 Å². The highest BCUT2D eigenvalue weighted by Gasteiger charge is 2.24. The standard InChI is InChI=1S/C23H33N3O2.C2H6/c1-7-24-22(25-18-10-12-19(13-11-18)26(5)6)21(15(2)3)20-14-17(23(27)28)9-8-16(20)4;1-2/h7-9,14,18-19H,1,10-13H2,2-6H3,(H,24,25)(H,27,28);1-2H3. The molecule has 0 heterocycles. The average molecular weight is 414 g/mol. The first-order chi connectivity index (χ1) is 14.2. The van der Waals surface area contributed by atoms with Gasteiger partial charge in [0.25, 0.3) is 0 Å². The summed E-state index contributed by atoms with van der Waals surface area (Å²) in [4.78, 5) is 18.8. The molecule has 0 aromatic heterocycles. The highest BCUT2D eigenvalue weighted by atomic mass is 16.4. The van der Waals surface area contributed by atoms with Gasteiger partial charge in [0.05, 0.1) is 11.6 Å². The molecular weight excluding hydrogens is 374 g/mol. The lowest BCUT2D eigenvalue weighted by Gasteiger charge is -2.31. The van der Waals surface area contributed by atoms with Crippen LogP contribution in [-0.4, -0.2) is 48.0 Å². The van der Waals surface area contributed by atoms with Crippen molar-refractivity contribution in [2.45, 2.75) is 72.4 Å². The molecule has 0 radical (unpaired) electrons. The second kappa shape index (κ2) is 12.3. The summed E-state index contributed by atoms with van der Waals surface area (Å²) >= 11 is 0. The van der Waals surface area contributed by atoms with Crippen LogP contribution in [0, 0.1) is 6.92 Å². The number of aliphatic imine (C=N–C) groups is 1. The maximum Gasteiger partial charge on any atom is 0.335 e. The van der Waals surface area contributed by atoms with Crippen LogP contribution in [0.5, 0.6) is 0 Å². The summed E-state index contributed by atoms with van der Waals surface area (Å²) in [7, 11) is 4.27. The Kier molecular flexibility index (Phi) is 10.5. The Morgan fingerprint density at radius 1 is 1.20 bits per heavy atom. The number of carbonyl (C=O) groups is 1. The first-order valence-corrected chi connectivity index (χ1v) is 10.9. The van der Waals surface area contributed by atoms with E-state index in [0.717, 1.165) is 53.8 Å². The van der Waals surface area contributed by atoms with Crippen molar-refractivity contribution in [1.82, 2.24) is 10.2 Å². The van der Waals surface area contributed by atoms with E-state index < -0.39 is 5.97 Å². The van der Waals surface area contributed by atoms with Crippen molar-refractivity contribution in [3.05, 3.63) is 53.2 Å². The molecule has 0 saturated heterocycles. The van der Waals surface area contributed by atoms with Crippen molar-refractivity contribution in [2.24, 2.45) is 4.99 Å². The minimum Gasteiger partial charge on any atom is -0.478 e. The molecule has 2 rings (SSSR count). The third-order valence-corrected chi connectivity index (χ3v) is 5.44. The summed E-state index contributed by atoms with van der Waals surface area (Å²) in [6.07, 6.45) is 6.02. The number of rotatable bonds is 6. The van der Waals surface area contributed by atoms with Gasteiger partial charge in [-0.15, -0.1) is 0 Å². The Morgan fingerprint density at radius 3 is 2.27 bits per heavy atom. The van der Waals surface area contributed by atoms with E-state index in [1.807, 2.05) is 40.7 Å². The molecular formula is C25H39N3O2. The zero-order valence-electron chi connectivity index (χ0n) is 19.7. The van der Waals surface area contributed by atoms with E-state index in [1.54, 1.807) is 18.3 Å².